The number of carbonyl (C=O) groups is 1. The fraction of sp³-hybridized carbons (Fsp3) is 0.125. The van der Waals surface area contributed by atoms with Crippen LogP contribution >= 0.6 is 23.8 Å². The number of amides is 1. The SMILES string of the molecule is COc1c(C)cccc1C(=O)NC(=S)Nc1cc(-c2nc3cc(C)ccc3o2)ccc1Cl. The Hall–Kier alpha value is -3.42. The number of thiocarbonyl (C=S) groups is 1. The standard InChI is InChI=1S/C24H20ClN3O3S/c1-13-7-10-20-19(11-13)26-23(31-20)15-8-9-17(25)18(12-15)27-24(32)28-22(29)16-6-4-5-14(2)21(16)30-3/h4-12H,1-3H3,(H2,27,28,29,32). The Morgan fingerprint density at radius 2 is 1.94 bits per heavy atom. The van der Waals surface area contributed by atoms with Crippen LogP contribution in [-0.4, -0.2) is 23.1 Å². The number of hydrogen-bond acceptors (Lipinski definition) is 5. The fourth-order valence-electron chi connectivity index (χ4n) is 3.34. The number of aryl methyl sites for hydroxylation is 2. The molecule has 6 nitrogen and oxygen atoms in total. The number of aromatic nitrogens is 1. The van der Waals surface area contributed by atoms with E-state index in [9.17, 15) is 4.79 Å². The number of para-hydroxylation sites is 1. The molecule has 0 saturated heterocycles. The highest BCUT2D eigenvalue weighted by Crippen LogP contribution is 2.31. The first kappa shape index (κ1) is 21.8. The van der Waals surface area contributed by atoms with Crippen molar-refractivity contribution in [3.63, 3.8) is 0 Å². The summed E-state index contributed by atoms with van der Waals surface area (Å²) < 4.78 is 11.2. The number of methoxy groups -OCH3 is 1. The summed E-state index contributed by atoms with van der Waals surface area (Å²) in [5, 5.41) is 6.18. The van der Waals surface area contributed by atoms with Gasteiger partial charge in [0, 0.05) is 5.56 Å². The molecule has 0 bridgehead atoms. The summed E-state index contributed by atoms with van der Waals surface area (Å²) in [5.41, 5.74) is 5.05. The monoisotopic (exact) mass is 465 g/mol. The first-order valence-electron chi connectivity index (χ1n) is 9.79. The molecule has 0 unspecified atom stereocenters. The average Bonchev–Trinajstić information content (AvgIpc) is 3.18. The number of benzene rings is 3. The lowest BCUT2D eigenvalue weighted by atomic mass is 10.1. The lowest BCUT2D eigenvalue weighted by Crippen LogP contribution is -2.34. The molecule has 4 rings (SSSR count). The van der Waals surface area contributed by atoms with Gasteiger partial charge in [0.2, 0.25) is 5.89 Å². The van der Waals surface area contributed by atoms with Crippen LogP contribution < -0.4 is 15.4 Å². The highest BCUT2D eigenvalue weighted by molar-refractivity contribution is 7.80. The molecule has 1 heterocycles. The van der Waals surface area contributed by atoms with Gasteiger partial charge in [0.15, 0.2) is 10.7 Å². The summed E-state index contributed by atoms with van der Waals surface area (Å²) in [4.78, 5) is 17.3. The quantitative estimate of drug-likeness (QED) is 0.365. The molecule has 0 aliphatic rings. The molecule has 0 saturated carbocycles. The second-order valence-corrected chi connectivity index (χ2v) is 8.06. The maximum absolute atomic E-state index is 12.7. The maximum atomic E-state index is 12.7. The summed E-state index contributed by atoms with van der Waals surface area (Å²) in [6.45, 7) is 3.87. The van der Waals surface area contributed by atoms with Crippen molar-refractivity contribution in [2.45, 2.75) is 13.8 Å². The number of halogens is 1. The number of fused-ring (bicyclic) bond motifs is 1. The van der Waals surface area contributed by atoms with E-state index in [0.29, 0.717) is 33.5 Å². The summed E-state index contributed by atoms with van der Waals surface area (Å²) in [5.74, 6) is 0.577. The van der Waals surface area contributed by atoms with Crippen LogP contribution in [0.4, 0.5) is 5.69 Å². The number of nitrogens with one attached hydrogen (secondary N) is 2. The zero-order valence-corrected chi connectivity index (χ0v) is 19.2. The zero-order valence-electron chi connectivity index (χ0n) is 17.7. The molecule has 0 fully saturated rings. The Balaban J connectivity index is 1.54. The van der Waals surface area contributed by atoms with E-state index in [0.717, 1.165) is 22.2 Å². The van der Waals surface area contributed by atoms with Crippen LogP contribution in [0.5, 0.6) is 5.75 Å². The van der Waals surface area contributed by atoms with Gasteiger partial charge in [-0.3, -0.25) is 10.1 Å². The van der Waals surface area contributed by atoms with Gasteiger partial charge >= 0.3 is 0 Å². The molecule has 8 heteroatoms. The Labute approximate surface area is 195 Å². The predicted molar refractivity (Wildman–Crippen MR) is 131 cm³/mol. The zero-order chi connectivity index (χ0) is 22.8. The number of rotatable bonds is 4. The van der Waals surface area contributed by atoms with E-state index in [1.54, 1.807) is 24.3 Å². The number of hydrogen-bond donors (Lipinski definition) is 2. The normalized spacial score (nSPS) is 10.8. The van der Waals surface area contributed by atoms with Crippen molar-refractivity contribution < 1.29 is 13.9 Å². The highest BCUT2D eigenvalue weighted by Gasteiger charge is 2.16. The third-order valence-electron chi connectivity index (χ3n) is 4.89. The van der Waals surface area contributed by atoms with Crippen molar-refractivity contribution in [2.75, 3.05) is 12.4 Å². The van der Waals surface area contributed by atoms with Gasteiger partial charge in [-0.05, 0) is 73.6 Å². The third kappa shape index (κ3) is 4.44. The second kappa shape index (κ2) is 8.98. The van der Waals surface area contributed by atoms with Gasteiger partial charge in [-0.15, -0.1) is 0 Å². The summed E-state index contributed by atoms with van der Waals surface area (Å²) >= 11 is 11.7. The molecule has 0 aliphatic heterocycles. The Kier molecular flexibility index (Phi) is 6.12. The molecular formula is C24H20ClN3O3S. The first-order chi connectivity index (χ1) is 15.4. The molecule has 1 aromatic heterocycles. The minimum absolute atomic E-state index is 0.103. The van der Waals surface area contributed by atoms with Gasteiger partial charge in [-0.25, -0.2) is 4.98 Å². The summed E-state index contributed by atoms with van der Waals surface area (Å²) in [6, 6.07) is 16.4. The van der Waals surface area contributed by atoms with Crippen LogP contribution in [0.1, 0.15) is 21.5 Å². The topological polar surface area (TPSA) is 76.4 Å². The molecule has 0 atom stereocenters. The largest absolute Gasteiger partial charge is 0.496 e. The van der Waals surface area contributed by atoms with E-state index in [4.69, 9.17) is 33.0 Å². The molecule has 4 aromatic rings. The van der Waals surface area contributed by atoms with Gasteiger partial charge in [-0.2, -0.15) is 0 Å². The van der Waals surface area contributed by atoms with Crippen LogP contribution in [0.3, 0.4) is 0 Å². The smallest absolute Gasteiger partial charge is 0.261 e. The number of oxazole rings is 1. The molecule has 1 amide bonds. The van der Waals surface area contributed by atoms with Crippen molar-refractivity contribution >= 4 is 51.6 Å². The van der Waals surface area contributed by atoms with Gasteiger partial charge < -0.3 is 14.5 Å². The van der Waals surface area contributed by atoms with Crippen LogP contribution in [0.2, 0.25) is 5.02 Å². The van der Waals surface area contributed by atoms with E-state index in [-0.39, 0.29) is 11.0 Å². The highest BCUT2D eigenvalue weighted by atomic mass is 35.5. The minimum Gasteiger partial charge on any atom is -0.496 e. The number of carbonyl (C=O) groups excluding carboxylic acids is 1. The Bertz CT molecular complexity index is 1350. The van der Waals surface area contributed by atoms with Crippen molar-refractivity contribution in [3.05, 3.63) is 76.3 Å². The van der Waals surface area contributed by atoms with Crippen LogP contribution in [0.25, 0.3) is 22.6 Å². The summed E-state index contributed by atoms with van der Waals surface area (Å²) in [6.07, 6.45) is 0. The third-order valence-corrected chi connectivity index (χ3v) is 5.43. The summed E-state index contributed by atoms with van der Waals surface area (Å²) in [7, 11) is 1.52. The molecule has 32 heavy (non-hydrogen) atoms. The maximum Gasteiger partial charge on any atom is 0.261 e. The van der Waals surface area contributed by atoms with Gasteiger partial charge in [0.25, 0.3) is 5.91 Å². The van der Waals surface area contributed by atoms with Crippen molar-refractivity contribution in [3.8, 4) is 17.2 Å². The Morgan fingerprint density at radius 3 is 2.72 bits per heavy atom. The second-order valence-electron chi connectivity index (χ2n) is 7.25. The molecule has 0 aliphatic carbocycles. The van der Waals surface area contributed by atoms with Gasteiger partial charge in [0.1, 0.15) is 11.3 Å². The molecule has 2 N–H and O–H groups in total. The first-order valence-corrected chi connectivity index (χ1v) is 10.6. The lowest BCUT2D eigenvalue weighted by Gasteiger charge is -2.14. The molecule has 3 aromatic carbocycles. The van der Waals surface area contributed by atoms with E-state index in [1.165, 1.54) is 7.11 Å². The average molecular weight is 466 g/mol. The number of nitrogens with zero attached hydrogens (tertiary/aromatic N) is 1. The van der Waals surface area contributed by atoms with E-state index in [2.05, 4.69) is 15.6 Å². The van der Waals surface area contributed by atoms with Crippen molar-refractivity contribution in [1.82, 2.24) is 10.3 Å². The van der Waals surface area contributed by atoms with Crippen LogP contribution in [-0.2, 0) is 0 Å². The van der Waals surface area contributed by atoms with Crippen molar-refractivity contribution in [2.24, 2.45) is 0 Å². The van der Waals surface area contributed by atoms with Crippen molar-refractivity contribution in [1.29, 1.82) is 0 Å². The van der Waals surface area contributed by atoms with E-state index in [1.807, 2.05) is 44.2 Å². The van der Waals surface area contributed by atoms with Crippen LogP contribution in [0.15, 0.2) is 59.0 Å². The number of anilines is 1. The molecule has 0 radical (unpaired) electrons. The van der Waals surface area contributed by atoms with E-state index < -0.39 is 0 Å². The lowest BCUT2D eigenvalue weighted by molar-refractivity contribution is 0.0974. The molecule has 0 spiro atoms. The van der Waals surface area contributed by atoms with E-state index >= 15 is 0 Å². The predicted octanol–water partition coefficient (Wildman–Crippen LogP) is 5.90. The fourth-order valence-corrected chi connectivity index (χ4v) is 3.71. The Morgan fingerprint density at radius 1 is 1.12 bits per heavy atom. The van der Waals surface area contributed by atoms with Gasteiger partial charge in [-0.1, -0.05) is 29.8 Å². The number of ether oxygens (including phenoxy) is 1. The van der Waals surface area contributed by atoms with Gasteiger partial charge in [0.05, 0.1) is 23.4 Å². The minimum atomic E-state index is -0.385. The molecule has 162 valence electrons. The molecular weight excluding hydrogens is 446 g/mol. The van der Waals surface area contributed by atoms with Crippen LogP contribution in [0, 0.1) is 13.8 Å².